The molecule has 1 rings (SSSR count). The van der Waals surface area contributed by atoms with Gasteiger partial charge in [0.25, 0.3) is 4.73 Å². The number of esters is 1. The molecule has 0 fully saturated rings. The summed E-state index contributed by atoms with van der Waals surface area (Å²) in [5, 5.41) is 0. The van der Waals surface area contributed by atoms with Crippen molar-refractivity contribution in [3.05, 3.63) is 21.8 Å². The van der Waals surface area contributed by atoms with Gasteiger partial charge < -0.3 is 14.1 Å². The van der Waals surface area contributed by atoms with Gasteiger partial charge in [-0.1, -0.05) is 11.6 Å². The lowest BCUT2D eigenvalue weighted by molar-refractivity contribution is 0.0516. The van der Waals surface area contributed by atoms with Crippen LogP contribution in [0.15, 0.2) is 4.73 Å². The SMILES string of the molecule is [C-]#[N+]c1nc(Br)n(C)c1C(=O)OCC. The molecule has 0 saturated carbocycles. The minimum atomic E-state index is -0.529. The number of carbonyl (C=O) groups excluding carboxylic acids is 1. The lowest BCUT2D eigenvalue weighted by Crippen LogP contribution is -2.09. The molecule has 0 unspecified atom stereocenters. The normalized spacial score (nSPS) is 9.57. The lowest BCUT2D eigenvalue weighted by Gasteiger charge is -2.02. The Morgan fingerprint density at radius 1 is 1.79 bits per heavy atom. The molecule has 0 amide bonds. The van der Waals surface area contributed by atoms with Crippen molar-refractivity contribution in [1.82, 2.24) is 9.55 Å². The maximum absolute atomic E-state index is 11.4. The van der Waals surface area contributed by atoms with Crippen LogP contribution in [-0.4, -0.2) is 22.1 Å². The third-order valence-electron chi connectivity index (χ3n) is 1.60. The Labute approximate surface area is 89.6 Å². The summed E-state index contributed by atoms with van der Waals surface area (Å²) in [7, 11) is 1.64. The number of carbonyl (C=O) groups is 1. The van der Waals surface area contributed by atoms with E-state index in [0.717, 1.165) is 0 Å². The Bertz CT molecular complexity index is 405. The predicted octanol–water partition coefficient (Wildman–Crippen LogP) is 1.91. The molecule has 6 heteroatoms. The molecule has 14 heavy (non-hydrogen) atoms. The molecule has 1 heterocycles. The summed E-state index contributed by atoms with van der Waals surface area (Å²) in [4.78, 5) is 18.4. The van der Waals surface area contributed by atoms with Gasteiger partial charge in [-0.25, -0.2) is 4.79 Å². The number of aromatic nitrogens is 2. The van der Waals surface area contributed by atoms with Crippen LogP contribution in [0.4, 0.5) is 5.82 Å². The Hall–Kier alpha value is -1.35. The Balaban J connectivity index is 3.19. The Morgan fingerprint density at radius 3 is 2.93 bits per heavy atom. The van der Waals surface area contributed by atoms with Crippen LogP contribution >= 0.6 is 15.9 Å². The molecule has 74 valence electrons. The van der Waals surface area contributed by atoms with Gasteiger partial charge in [0.2, 0.25) is 0 Å². The second-order valence-corrected chi connectivity index (χ2v) is 3.15. The fraction of sp³-hybridized carbons (Fsp3) is 0.375. The van der Waals surface area contributed by atoms with Crippen molar-refractivity contribution < 1.29 is 9.53 Å². The van der Waals surface area contributed by atoms with E-state index < -0.39 is 5.97 Å². The monoisotopic (exact) mass is 257 g/mol. The number of nitrogens with zero attached hydrogens (tertiary/aromatic N) is 3. The van der Waals surface area contributed by atoms with Crippen LogP contribution in [0.2, 0.25) is 0 Å². The summed E-state index contributed by atoms with van der Waals surface area (Å²) in [6.07, 6.45) is 0. The van der Waals surface area contributed by atoms with Gasteiger partial charge in [-0.3, -0.25) is 0 Å². The molecule has 0 radical (unpaired) electrons. The minimum absolute atomic E-state index is 0.0535. The van der Waals surface area contributed by atoms with Gasteiger partial charge in [0, 0.05) is 23.0 Å². The number of hydrogen-bond acceptors (Lipinski definition) is 3. The first-order valence-corrected chi connectivity index (χ1v) is 4.67. The molecule has 0 bridgehead atoms. The molecule has 0 aliphatic carbocycles. The van der Waals surface area contributed by atoms with E-state index in [4.69, 9.17) is 11.3 Å². The maximum Gasteiger partial charge on any atom is 0.345 e. The van der Waals surface area contributed by atoms with E-state index in [2.05, 4.69) is 25.8 Å². The highest BCUT2D eigenvalue weighted by molar-refractivity contribution is 9.10. The van der Waals surface area contributed by atoms with Crippen molar-refractivity contribution in [3.8, 4) is 0 Å². The number of halogens is 1. The van der Waals surface area contributed by atoms with E-state index in [9.17, 15) is 4.79 Å². The van der Waals surface area contributed by atoms with Gasteiger partial charge in [0.15, 0.2) is 5.69 Å². The fourth-order valence-corrected chi connectivity index (χ4v) is 1.31. The summed E-state index contributed by atoms with van der Waals surface area (Å²) < 4.78 is 6.71. The third kappa shape index (κ3) is 1.77. The Morgan fingerprint density at radius 2 is 2.43 bits per heavy atom. The minimum Gasteiger partial charge on any atom is -0.462 e. The van der Waals surface area contributed by atoms with Crippen molar-refractivity contribution in [2.75, 3.05) is 6.61 Å². The molecule has 0 spiro atoms. The van der Waals surface area contributed by atoms with Crippen LogP contribution < -0.4 is 0 Å². The molecule has 0 saturated heterocycles. The highest BCUT2D eigenvalue weighted by atomic mass is 79.9. The van der Waals surface area contributed by atoms with Crippen molar-refractivity contribution in [2.24, 2.45) is 7.05 Å². The number of imidazole rings is 1. The van der Waals surface area contributed by atoms with Gasteiger partial charge in [-0.05, 0) is 6.92 Å². The largest absolute Gasteiger partial charge is 0.462 e. The van der Waals surface area contributed by atoms with Crippen LogP contribution in [-0.2, 0) is 11.8 Å². The van der Waals surface area contributed by atoms with Crippen molar-refractivity contribution in [2.45, 2.75) is 6.92 Å². The smallest absolute Gasteiger partial charge is 0.345 e. The van der Waals surface area contributed by atoms with E-state index >= 15 is 0 Å². The zero-order valence-electron chi connectivity index (χ0n) is 7.74. The van der Waals surface area contributed by atoms with Crippen molar-refractivity contribution in [3.63, 3.8) is 0 Å². The molecule has 1 aromatic heterocycles. The summed E-state index contributed by atoms with van der Waals surface area (Å²) in [5.74, 6) is -0.475. The molecule has 0 atom stereocenters. The highest BCUT2D eigenvalue weighted by Gasteiger charge is 2.22. The molecular weight excluding hydrogens is 250 g/mol. The summed E-state index contributed by atoms with van der Waals surface area (Å²) in [6, 6.07) is 0. The average Bonchev–Trinajstić information content (AvgIpc) is 2.43. The van der Waals surface area contributed by atoms with E-state index in [1.54, 1.807) is 14.0 Å². The van der Waals surface area contributed by atoms with Gasteiger partial charge in [-0.15, -0.1) is 0 Å². The van der Waals surface area contributed by atoms with Gasteiger partial charge >= 0.3 is 11.8 Å². The van der Waals surface area contributed by atoms with Crippen LogP contribution in [0.3, 0.4) is 0 Å². The quantitative estimate of drug-likeness (QED) is 0.601. The van der Waals surface area contributed by atoms with E-state index in [-0.39, 0.29) is 18.1 Å². The van der Waals surface area contributed by atoms with Gasteiger partial charge in [-0.2, -0.15) is 0 Å². The van der Waals surface area contributed by atoms with Crippen LogP contribution in [0.5, 0.6) is 0 Å². The van der Waals surface area contributed by atoms with E-state index in [0.29, 0.717) is 4.73 Å². The van der Waals surface area contributed by atoms with Crippen LogP contribution in [0.25, 0.3) is 4.85 Å². The number of hydrogen-bond donors (Lipinski definition) is 0. The molecular formula is C8H8BrN3O2. The second kappa shape index (κ2) is 4.24. The molecule has 1 aromatic rings. The van der Waals surface area contributed by atoms with E-state index in [1.165, 1.54) is 4.57 Å². The second-order valence-electron chi connectivity index (χ2n) is 2.44. The van der Waals surface area contributed by atoms with Crippen LogP contribution in [0.1, 0.15) is 17.4 Å². The lowest BCUT2D eigenvalue weighted by atomic mass is 10.4. The molecule has 5 nitrogen and oxygen atoms in total. The maximum atomic E-state index is 11.4. The third-order valence-corrected chi connectivity index (χ3v) is 2.31. The summed E-state index contributed by atoms with van der Waals surface area (Å²) in [5.41, 5.74) is 0.175. The van der Waals surface area contributed by atoms with Gasteiger partial charge in [0.1, 0.15) is 0 Å². The van der Waals surface area contributed by atoms with Crippen molar-refractivity contribution >= 4 is 27.7 Å². The Kier molecular flexibility index (Phi) is 3.25. The average molecular weight is 258 g/mol. The number of rotatable bonds is 2. The first kappa shape index (κ1) is 10.7. The topological polar surface area (TPSA) is 48.5 Å². The van der Waals surface area contributed by atoms with Crippen molar-refractivity contribution in [1.29, 1.82) is 0 Å². The standard InChI is InChI=1S/C8H8BrN3O2/c1-4-14-7(13)5-6(10-2)11-8(9)12(5)3/h4H2,1,3H3. The fourth-order valence-electron chi connectivity index (χ4n) is 0.963. The molecule has 0 aliphatic heterocycles. The zero-order chi connectivity index (χ0) is 10.7. The first-order valence-electron chi connectivity index (χ1n) is 3.88. The van der Waals surface area contributed by atoms with Crippen LogP contribution in [0, 0.1) is 6.57 Å². The predicted molar refractivity (Wildman–Crippen MR) is 53.1 cm³/mol. The summed E-state index contributed by atoms with van der Waals surface area (Å²) in [6.45, 7) is 8.83. The number of ether oxygens (including phenoxy) is 1. The zero-order valence-corrected chi connectivity index (χ0v) is 9.33. The molecule has 0 N–H and O–H groups in total. The highest BCUT2D eigenvalue weighted by Crippen LogP contribution is 2.23. The first-order chi connectivity index (χ1) is 6.61. The molecule has 0 aliphatic rings. The van der Waals surface area contributed by atoms with Gasteiger partial charge in [0.05, 0.1) is 6.61 Å². The summed E-state index contributed by atoms with van der Waals surface area (Å²) >= 11 is 3.13. The van der Waals surface area contributed by atoms with E-state index in [1.807, 2.05) is 0 Å². The molecule has 0 aromatic carbocycles.